The summed E-state index contributed by atoms with van der Waals surface area (Å²) in [5.41, 5.74) is 1.06. The number of nitrogens with one attached hydrogen (secondary N) is 1. The molecule has 1 atom stereocenters. The van der Waals surface area contributed by atoms with Crippen LogP contribution in [0.4, 0.5) is 5.69 Å². The van der Waals surface area contributed by atoms with Gasteiger partial charge in [0, 0.05) is 25.2 Å². The summed E-state index contributed by atoms with van der Waals surface area (Å²) in [5, 5.41) is 2.73. The van der Waals surface area contributed by atoms with Crippen molar-refractivity contribution < 1.29 is 21.6 Å². The van der Waals surface area contributed by atoms with Crippen LogP contribution in [0.25, 0.3) is 0 Å². The van der Waals surface area contributed by atoms with E-state index in [0.29, 0.717) is 30.8 Å². The zero-order valence-electron chi connectivity index (χ0n) is 16.2. The van der Waals surface area contributed by atoms with Crippen molar-refractivity contribution in [1.82, 2.24) is 4.31 Å². The van der Waals surface area contributed by atoms with Gasteiger partial charge in [-0.25, -0.2) is 16.8 Å². The maximum absolute atomic E-state index is 13.1. The molecule has 3 rings (SSSR count). The highest BCUT2D eigenvalue weighted by atomic mass is 32.2. The Hall–Kier alpha value is -1.45. The molecule has 2 aliphatic heterocycles. The molecule has 0 radical (unpaired) electrons. The highest BCUT2D eigenvalue weighted by Crippen LogP contribution is 2.27. The number of hydrogen-bond acceptors (Lipinski definition) is 5. The minimum atomic E-state index is -3.61. The van der Waals surface area contributed by atoms with E-state index < -0.39 is 19.9 Å². The monoisotopic (exact) mass is 428 g/mol. The third-order valence-corrected chi connectivity index (χ3v) is 9.33. The lowest BCUT2D eigenvalue weighted by Gasteiger charge is -2.21. The van der Waals surface area contributed by atoms with Gasteiger partial charge < -0.3 is 5.32 Å². The van der Waals surface area contributed by atoms with Crippen LogP contribution in [0.2, 0.25) is 0 Å². The van der Waals surface area contributed by atoms with E-state index in [1.54, 1.807) is 19.1 Å². The fourth-order valence-corrected chi connectivity index (χ4v) is 7.51. The molecule has 2 heterocycles. The number of hydrogen-bond donors (Lipinski definition) is 1. The SMILES string of the molecule is Cc1ccc(NC(=O)CC2CCS(=O)(=O)C2)cc1S(=O)(=O)N1CCCCCC1. The molecule has 0 saturated carbocycles. The molecule has 0 spiro atoms. The number of sulfonamides is 1. The molecule has 28 heavy (non-hydrogen) atoms. The van der Waals surface area contributed by atoms with Crippen LogP contribution in [0.3, 0.4) is 0 Å². The highest BCUT2D eigenvalue weighted by Gasteiger charge is 2.30. The van der Waals surface area contributed by atoms with Crippen LogP contribution in [-0.2, 0) is 24.7 Å². The van der Waals surface area contributed by atoms with Gasteiger partial charge in [0.15, 0.2) is 9.84 Å². The Morgan fingerprint density at radius 2 is 1.86 bits per heavy atom. The second-order valence-corrected chi connectivity index (χ2v) is 12.0. The molecule has 1 N–H and O–H groups in total. The van der Waals surface area contributed by atoms with Crippen molar-refractivity contribution >= 4 is 31.5 Å². The summed E-state index contributed by atoms with van der Waals surface area (Å²) in [7, 11) is -6.64. The van der Waals surface area contributed by atoms with E-state index in [1.807, 2.05) is 0 Å². The molecule has 1 amide bonds. The largest absolute Gasteiger partial charge is 0.326 e. The Morgan fingerprint density at radius 3 is 2.46 bits per heavy atom. The van der Waals surface area contributed by atoms with Crippen LogP contribution >= 0.6 is 0 Å². The summed E-state index contributed by atoms with van der Waals surface area (Å²) in [6.45, 7) is 2.79. The van der Waals surface area contributed by atoms with Gasteiger partial charge in [0.05, 0.1) is 16.4 Å². The van der Waals surface area contributed by atoms with Crippen LogP contribution < -0.4 is 5.32 Å². The van der Waals surface area contributed by atoms with Crippen molar-refractivity contribution in [2.24, 2.45) is 5.92 Å². The molecule has 156 valence electrons. The maximum Gasteiger partial charge on any atom is 0.243 e. The second kappa shape index (κ2) is 8.51. The highest BCUT2D eigenvalue weighted by molar-refractivity contribution is 7.91. The average molecular weight is 429 g/mol. The second-order valence-electron chi connectivity index (χ2n) is 7.82. The van der Waals surface area contributed by atoms with Crippen LogP contribution in [0, 0.1) is 12.8 Å². The smallest absolute Gasteiger partial charge is 0.243 e. The molecule has 0 aliphatic carbocycles. The summed E-state index contributed by atoms with van der Waals surface area (Å²) >= 11 is 0. The number of anilines is 1. The zero-order valence-corrected chi connectivity index (χ0v) is 17.8. The lowest BCUT2D eigenvalue weighted by Crippen LogP contribution is -2.32. The normalized spacial score (nSPS) is 23.2. The first-order valence-corrected chi connectivity index (χ1v) is 13.0. The molecule has 0 bridgehead atoms. The third-order valence-electron chi connectivity index (χ3n) is 5.46. The molecule has 1 aromatic carbocycles. The first-order valence-electron chi connectivity index (χ1n) is 9.78. The average Bonchev–Trinajstić information content (AvgIpc) is 2.82. The number of carbonyl (C=O) groups is 1. The van der Waals surface area contributed by atoms with Gasteiger partial charge in [0.2, 0.25) is 15.9 Å². The van der Waals surface area contributed by atoms with Gasteiger partial charge in [-0.2, -0.15) is 4.31 Å². The van der Waals surface area contributed by atoms with E-state index in [1.165, 1.54) is 10.4 Å². The molecule has 9 heteroatoms. The lowest BCUT2D eigenvalue weighted by molar-refractivity contribution is -0.116. The molecule has 2 fully saturated rings. The van der Waals surface area contributed by atoms with Gasteiger partial charge in [0.1, 0.15) is 0 Å². The Labute approximate surface area is 167 Å². The maximum atomic E-state index is 13.1. The van der Waals surface area contributed by atoms with Crippen LogP contribution in [-0.4, -0.2) is 51.6 Å². The van der Waals surface area contributed by atoms with Gasteiger partial charge in [-0.15, -0.1) is 0 Å². The van der Waals surface area contributed by atoms with Crippen molar-refractivity contribution in [2.45, 2.75) is 50.3 Å². The zero-order chi connectivity index (χ0) is 20.4. The molecule has 1 aromatic rings. The molecule has 1 unspecified atom stereocenters. The Bertz CT molecular complexity index is 933. The molecule has 2 saturated heterocycles. The number of sulfone groups is 1. The van der Waals surface area contributed by atoms with E-state index >= 15 is 0 Å². The van der Waals surface area contributed by atoms with Crippen molar-refractivity contribution in [3.8, 4) is 0 Å². The van der Waals surface area contributed by atoms with Gasteiger partial charge in [-0.05, 0) is 49.8 Å². The van der Waals surface area contributed by atoms with E-state index in [9.17, 15) is 21.6 Å². The number of nitrogens with zero attached hydrogens (tertiary/aromatic N) is 1. The molecule has 2 aliphatic rings. The van der Waals surface area contributed by atoms with E-state index in [4.69, 9.17) is 0 Å². The number of rotatable bonds is 5. The predicted molar refractivity (Wildman–Crippen MR) is 108 cm³/mol. The molecule has 0 aromatic heterocycles. The Morgan fingerprint density at radius 1 is 1.18 bits per heavy atom. The van der Waals surface area contributed by atoms with Crippen LogP contribution in [0.15, 0.2) is 23.1 Å². The van der Waals surface area contributed by atoms with Gasteiger partial charge in [-0.1, -0.05) is 18.9 Å². The summed E-state index contributed by atoms with van der Waals surface area (Å²) in [6, 6.07) is 4.89. The summed E-state index contributed by atoms with van der Waals surface area (Å²) in [5.74, 6) is -0.281. The molecular weight excluding hydrogens is 400 g/mol. The summed E-state index contributed by atoms with van der Waals surface area (Å²) < 4.78 is 50.8. The van der Waals surface area contributed by atoms with Crippen molar-refractivity contribution in [3.05, 3.63) is 23.8 Å². The number of benzene rings is 1. The van der Waals surface area contributed by atoms with Crippen molar-refractivity contribution in [1.29, 1.82) is 0 Å². The standard InChI is InChI=1S/C19H28N2O5S2/c1-15-6-7-17(20-19(22)12-16-8-11-27(23,24)14-16)13-18(15)28(25,26)21-9-4-2-3-5-10-21/h6-7,13,16H,2-5,8-12,14H2,1H3,(H,20,22). The Kier molecular flexibility index (Phi) is 6.46. The van der Waals surface area contributed by atoms with Crippen LogP contribution in [0.5, 0.6) is 0 Å². The first-order chi connectivity index (χ1) is 13.2. The fourth-order valence-electron chi connectivity index (χ4n) is 3.88. The van der Waals surface area contributed by atoms with E-state index in [2.05, 4.69) is 5.32 Å². The van der Waals surface area contributed by atoms with E-state index in [-0.39, 0.29) is 34.6 Å². The summed E-state index contributed by atoms with van der Waals surface area (Å²) in [6.07, 6.45) is 4.42. The quantitative estimate of drug-likeness (QED) is 0.776. The predicted octanol–water partition coefficient (Wildman–Crippen LogP) is 2.32. The van der Waals surface area contributed by atoms with E-state index in [0.717, 1.165) is 25.7 Å². The first kappa shape index (κ1) is 21.3. The van der Waals surface area contributed by atoms with Crippen molar-refractivity contribution in [2.75, 3.05) is 29.9 Å². The molecule has 7 nitrogen and oxygen atoms in total. The van der Waals surface area contributed by atoms with Crippen LogP contribution in [0.1, 0.15) is 44.1 Å². The van der Waals surface area contributed by atoms with Gasteiger partial charge in [-0.3, -0.25) is 4.79 Å². The topological polar surface area (TPSA) is 101 Å². The number of aryl methyl sites for hydroxylation is 1. The number of carbonyl (C=O) groups excluding carboxylic acids is 1. The minimum Gasteiger partial charge on any atom is -0.326 e. The van der Waals surface area contributed by atoms with Crippen molar-refractivity contribution in [3.63, 3.8) is 0 Å². The summed E-state index contributed by atoms with van der Waals surface area (Å²) in [4.78, 5) is 12.5. The minimum absolute atomic E-state index is 0.0446. The fraction of sp³-hybridized carbons (Fsp3) is 0.632. The Balaban J connectivity index is 1.73. The third kappa shape index (κ3) is 5.12. The lowest BCUT2D eigenvalue weighted by atomic mass is 10.0. The van der Waals surface area contributed by atoms with Gasteiger partial charge in [0.25, 0.3) is 0 Å². The van der Waals surface area contributed by atoms with Gasteiger partial charge >= 0.3 is 0 Å². The molecular formula is C19H28N2O5S2. The number of amides is 1.